The summed E-state index contributed by atoms with van der Waals surface area (Å²) in [6.45, 7) is -0.867. The van der Waals surface area contributed by atoms with E-state index in [1.54, 1.807) is 0 Å². The molecule has 0 saturated carbocycles. The van der Waals surface area contributed by atoms with E-state index in [4.69, 9.17) is 20.3 Å². The smallest absolute Gasteiger partial charge is 0.756 e. The number of aliphatic hydroxyl groups excluding tert-OH is 1. The minimum atomic E-state index is -5.77. The zero-order valence-corrected chi connectivity index (χ0v) is 21.7. The number of anilines is 1. The van der Waals surface area contributed by atoms with Crippen molar-refractivity contribution in [3.63, 3.8) is 0 Å². The molecule has 2 rings (SSSR count). The van der Waals surface area contributed by atoms with Crippen LogP contribution in [0.4, 0.5) is 5.82 Å². The van der Waals surface area contributed by atoms with E-state index >= 15 is 0 Å². The van der Waals surface area contributed by atoms with Crippen LogP contribution >= 0.6 is 46.1 Å². The normalized spacial score (nSPS) is 27.5. The van der Waals surface area contributed by atoms with Gasteiger partial charge in [-0.05, 0) is 22.6 Å². The average Bonchev–Trinajstić information content (AvgIpc) is 2.86. The molecule has 1 aliphatic rings. The molecule has 0 aromatic carbocycles. The molecule has 6 atom stereocenters. The molecule has 30 heavy (non-hydrogen) atoms. The van der Waals surface area contributed by atoms with Crippen molar-refractivity contribution in [1.82, 2.24) is 9.55 Å². The number of phosphoric acid groups is 3. The number of phosphoric ester groups is 1. The number of hydrogen-bond acceptors (Lipinski definition) is 12. The number of rotatable bonds is 8. The SMILES string of the molecule is Nc1nc(=O)n([C@H]2C[C@H](O)[C@@H](COP(=O)(O)OP(=O)(O)OP(=O)([O-])O)O2)cc1I.[Na+]. The summed E-state index contributed by atoms with van der Waals surface area (Å²) in [5, 5.41) is 10.00. The van der Waals surface area contributed by atoms with Crippen LogP contribution in [0.15, 0.2) is 11.0 Å². The molecule has 0 radical (unpaired) electrons. The van der Waals surface area contributed by atoms with Gasteiger partial charge < -0.3 is 35.2 Å². The summed E-state index contributed by atoms with van der Waals surface area (Å²) >= 11 is 1.81. The number of halogens is 1. The van der Waals surface area contributed by atoms with Gasteiger partial charge in [-0.15, -0.1) is 0 Å². The molecule has 1 aromatic heterocycles. The Kier molecular flexibility index (Phi) is 10.3. The minimum Gasteiger partial charge on any atom is -0.756 e. The molecule has 166 valence electrons. The van der Waals surface area contributed by atoms with Crippen molar-refractivity contribution in [2.45, 2.75) is 24.9 Å². The third kappa shape index (κ3) is 8.59. The summed E-state index contributed by atoms with van der Waals surface area (Å²) in [4.78, 5) is 52.7. The van der Waals surface area contributed by atoms with Crippen molar-refractivity contribution in [2.24, 2.45) is 0 Å². The Hall–Kier alpha value is 0.740. The molecule has 0 aliphatic carbocycles. The van der Waals surface area contributed by atoms with Gasteiger partial charge in [-0.3, -0.25) is 13.7 Å². The van der Waals surface area contributed by atoms with Gasteiger partial charge in [-0.25, -0.2) is 18.2 Å². The summed E-state index contributed by atoms with van der Waals surface area (Å²) < 4.78 is 51.5. The number of ether oxygens (including phenoxy) is 1. The topological polar surface area (TPSA) is 253 Å². The van der Waals surface area contributed by atoms with Crippen LogP contribution < -0.4 is 45.9 Å². The summed E-state index contributed by atoms with van der Waals surface area (Å²) in [6.07, 6.45) is -2.43. The van der Waals surface area contributed by atoms with Crippen LogP contribution in [-0.2, 0) is 31.6 Å². The number of nitrogens with zero attached hydrogens (tertiary/aromatic N) is 2. The van der Waals surface area contributed by atoms with Crippen LogP contribution in [0, 0.1) is 3.57 Å². The Balaban J connectivity index is 0.00000450. The van der Waals surface area contributed by atoms with Gasteiger partial charge in [0.15, 0.2) is 0 Å². The number of nitrogen functional groups attached to an aromatic ring is 1. The van der Waals surface area contributed by atoms with E-state index in [-0.39, 0.29) is 41.8 Å². The zero-order chi connectivity index (χ0) is 22.2. The summed E-state index contributed by atoms with van der Waals surface area (Å²) in [6, 6.07) is 0. The molecule has 0 bridgehead atoms. The van der Waals surface area contributed by atoms with E-state index in [0.29, 0.717) is 3.57 Å². The first-order chi connectivity index (χ1) is 13.1. The van der Waals surface area contributed by atoms with Gasteiger partial charge in [0.1, 0.15) is 18.1 Å². The van der Waals surface area contributed by atoms with Gasteiger partial charge in [0.05, 0.1) is 16.3 Å². The Morgan fingerprint density at radius 3 is 2.47 bits per heavy atom. The van der Waals surface area contributed by atoms with Crippen molar-refractivity contribution >= 4 is 51.9 Å². The first-order valence-corrected chi connectivity index (χ1v) is 12.8. The van der Waals surface area contributed by atoms with Gasteiger partial charge >= 0.3 is 50.9 Å². The summed E-state index contributed by atoms with van der Waals surface area (Å²) in [5.74, 6) is -0.00944. The fraction of sp³-hybridized carbons (Fsp3) is 0.556. The van der Waals surface area contributed by atoms with E-state index in [9.17, 15) is 33.4 Å². The molecule has 1 aromatic rings. The molecule has 16 nitrogen and oxygen atoms in total. The minimum absolute atomic E-state index is 0. The fourth-order valence-corrected chi connectivity index (χ4v) is 5.59. The maximum atomic E-state index is 11.9. The number of nitrogens with two attached hydrogens (primary N) is 1. The van der Waals surface area contributed by atoms with Crippen LogP contribution in [-0.4, -0.2) is 48.2 Å². The van der Waals surface area contributed by atoms with Gasteiger partial charge in [-0.1, -0.05) is 0 Å². The maximum absolute atomic E-state index is 11.9. The van der Waals surface area contributed by atoms with E-state index in [1.165, 1.54) is 6.20 Å². The van der Waals surface area contributed by atoms with Gasteiger partial charge in [0.2, 0.25) is 0 Å². The van der Waals surface area contributed by atoms with Gasteiger partial charge in [-0.2, -0.15) is 9.29 Å². The predicted octanol–water partition coefficient (Wildman–Crippen LogP) is -4.21. The zero-order valence-electron chi connectivity index (χ0n) is 14.9. The maximum Gasteiger partial charge on any atom is 1.00 e. The Morgan fingerprint density at radius 1 is 1.30 bits per heavy atom. The molecule has 21 heteroatoms. The quantitative estimate of drug-likeness (QED) is 0.106. The van der Waals surface area contributed by atoms with Crippen molar-refractivity contribution in [1.29, 1.82) is 0 Å². The van der Waals surface area contributed by atoms with Crippen molar-refractivity contribution in [3.8, 4) is 0 Å². The number of aliphatic hydroxyl groups is 1. The first kappa shape index (κ1) is 28.8. The van der Waals surface area contributed by atoms with Crippen LogP contribution in [0.25, 0.3) is 0 Å². The van der Waals surface area contributed by atoms with Crippen molar-refractivity contribution < 1.29 is 85.8 Å². The molecular formula is C9H14IN3NaO13P3. The predicted molar refractivity (Wildman–Crippen MR) is 97.8 cm³/mol. The second-order valence-electron chi connectivity index (χ2n) is 5.46. The molecule has 0 spiro atoms. The number of aromatic nitrogens is 2. The first-order valence-electron chi connectivity index (χ1n) is 7.23. The van der Waals surface area contributed by atoms with E-state index < -0.39 is 54.2 Å². The third-order valence-corrected chi connectivity index (χ3v) is 7.87. The molecule has 1 aliphatic heterocycles. The molecule has 0 amide bonds. The van der Waals surface area contributed by atoms with Crippen LogP contribution in [0.2, 0.25) is 0 Å². The molecule has 3 unspecified atom stereocenters. The van der Waals surface area contributed by atoms with E-state index in [0.717, 1.165) is 4.57 Å². The Bertz CT molecular complexity index is 971. The summed E-state index contributed by atoms with van der Waals surface area (Å²) in [5.41, 5.74) is 4.73. The average molecular weight is 615 g/mol. The van der Waals surface area contributed by atoms with Crippen LogP contribution in [0.3, 0.4) is 0 Å². The molecule has 1 fully saturated rings. The van der Waals surface area contributed by atoms with E-state index in [2.05, 4.69) is 18.1 Å². The molecule has 2 heterocycles. The second-order valence-corrected chi connectivity index (χ2v) is 11.0. The standard InChI is InChI=1S/C9H15IN3O13P3.Na/c10-4-2-13(9(15)12-8(4)11)7-1-5(14)6(24-7)3-23-28(19,20)26-29(21,22)25-27(16,17)18;/h2,5-7,14H,1,3H2,(H,19,20)(H,21,22)(H2,11,12,15)(H2,16,17,18);/q;+1/p-1/t5-,6+,7+;/m0./s1. The molecular weight excluding hydrogens is 601 g/mol. The third-order valence-electron chi connectivity index (χ3n) is 3.26. The van der Waals surface area contributed by atoms with Crippen molar-refractivity contribution in [3.05, 3.63) is 20.3 Å². The second kappa shape index (κ2) is 10.8. The largest absolute Gasteiger partial charge is 1.00 e. The molecule has 6 N–H and O–H groups in total. The monoisotopic (exact) mass is 615 g/mol. The van der Waals surface area contributed by atoms with Gasteiger partial charge in [0.25, 0.3) is 7.82 Å². The Labute approximate surface area is 203 Å². The fourth-order valence-electron chi connectivity index (χ4n) is 2.17. The number of hydrogen-bond donors (Lipinski definition) is 5. The Morgan fingerprint density at radius 2 is 1.90 bits per heavy atom. The molecule has 1 saturated heterocycles. The van der Waals surface area contributed by atoms with Gasteiger partial charge in [0, 0.05) is 12.6 Å². The van der Waals surface area contributed by atoms with Crippen LogP contribution in [0.5, 0.6) is 0 Å². The van der Waals surface area contributed by atoms with Crippen LogP contribution in [0.1, 0.15) is 12.6 Å². The van der Waals surface area contributed by atoms with E-state index in [1.807, 2.05) is 22.6 Å². The van der Waals surface area contributed by atoms with Crippen molar-refractivity contribution in [2.75, 3.05) is 12.3 Å². The summed E-state index contributed by atoms with van der Waals surface area (Å²) in [7, 11) is -16.9.